The second-order valence-electron chi connectivity index (χ2n) is 4.58. The molecule has 1 unspecified atom stereocenters. The lowest BCUT2D eigenvalue weighted by atomic mass is 10.0. The minimum absolute atomic E-state index is 0.675. The van der Waals surface area contributed by atoms with Crippen LogP contribution in [0.2, 0.25) is 0 Å². The van der Waals surface area contributed by atoms with E-state index >= 15 is 0 Å². The van der Waals surface area contributed by atoms with Gasteiger partial charge in [-0.1, -0.05) is 6.92 Å². The summed E-state index contributed by atoms with van der Waals surface area (Å²) in [5.74, 6) is 0.963. The lowest BCUT2D eigenvalue weighted by Crippen LogP contribution is -2.39. The molecule has 1 aliphatic carbocycles. The molecule has 2 rings (SSSR count). The normalized spacial score (nSPS) is 35.5. The topological polar surface area (TPSA) is 3.24 Å². The minimum Gasteiger partial charge on any atom is -0.295 e. The van der Waals surface area contributed by atoms with Crippen LogP contribution in [0.15, 0.2) is 0 Å². The van der Waals surface area contributed by atoms with Crippen molar-refractivity contribution in [3.8, 4) is 0 Å². The highest BCUT2D eigenvalue weighted by Crippen LogP contribution is 2.53. The summed E-state index contributed by atoms with van der Waals surface area (Å²) in [4.78, 5) is 2.72. The van der Waals surface area contributed by atoms with Gasteiger partial charge in [-0.2, -0.15) is 0 Å². The highest BCUT2D eigenvalue weighted by atomic mass is 15.3. The van der Waals surface area contributed by atoms with Gasteiger partial charge in [-0.15, -0.1) is 0 Å². The Balaban J connectivity index is 2.13. The molecular weight excluding hydrogens is 134 g/mol. The molecule has 0 aromatic rings. The van der Waals surface area contributed by atoms with E-state index in [0.29, 0.717) is 5.54 Å². The fourth-order valence-corrected chi connectivity index (χ4v) is 2.79. The van der Waals surface area contributed by atoms with Gasteiger partial charge in [0.05, 0.1) is 0 Å². The maximum atomic E-state index is 2.72. The predicted octanol–water partition coefficient (Wildman–Crippen LogP) is 2.27. The molecule has 1 aliphatic heterocycles. The molecule has 0 amide bonds. The van der Waals surface area contributed by atoms with Crippen LogP contribution in [0, 0.1) is 5.92 Å². The molecule has 1 heterocycles. The van der Waals surface area contributed by atoms with Crippen molar-refractivity contribution >= 4 is 0 Å². The van der Waals surface area contributed by atoms with Crippen LogP contribution >= 0.6 is 0 Å². The predicted molar refractivity (Wildman–Crippen MR) is 47.6 cm³/mol. The quantitative estimate of drug-likeness (QED) is 0.558. The maximum Gasteiger partial charge on any atom is 0.0239 e. The summed E-state index contributed by atoms with van der Waals surface area (Å²) < 4.78 is 0. The largest absolute Gasteiger partial charge is 0.295 e. The van der Waals surface area contributed by atoms with Crippen molar-refractivity contribution < 1.29 is 0 Å². The minimum atomic E-state index is 0.675. The van der Waals surface area contributed by atoms with Gasteiger partial charge in [-0.25, -0.2) is 0 Å². The summed E-state index contributed by atoms with van der Waals surface area (Å²) in [7, 11) is 0. The molecule has 1 spiro atoms. The van der Waals surface area contributed by atoms with Crippen LogP contribution in [0.3, 0.4) is 0 Å². The number of hydrogen-bond donors (Lipinski definition) is 0. The molecule has 2 fully saturated rings. The van der Waals surface area contributed by atoms with E-state index in [2.05, 4.69) is 25.7 Å². The Morgan fingerprint density at radius 1 is 1.36 bits per heavy atom. The van der Waals surface area contributed by atoms with Crippen molar-refractivity contribution in [1.82, 2.24) is 4.90 Å². The molecule has 1 nitrogen and oxygen atoms in total. The van der Waals surface area contributed by atoms with Gasteiger partial charge in [0.25, 0.3) is 0 Å². The van der Waals surface area contributed by atoms with Gasteiger partial charge < -0.3 is 0 Å². The van der Waals surface area contributed by atoms with Gasteiger partial charge in [0.2, 0.25) is 0 Å². The molecule has 0 aromatic heterocycles. The first kappa shape index (κ1) is 7.60. The van der Waals surface area contributed by atoms with Crippen LogP contribution in [-0.2, 0) is 0 Å². The van der Waals surface area contributed by atoms with Gasteiger partial charge in [-0.05, 0) is 45.6 Å². The summed E-state index contributed by atoms with van der Waals surface area (Å²) in [6, 6.07) is 0.766. The van der Waals surface area contributed by atoms with Gasteiger partial charge in [0.15, 0.2) is 0 Å². The van der Waals surface area contributed by atoms with E-state index in [1.54, 1.807) is 0 Å². The molecule has 0 aromatic carbocycles. The van der Waals surface area contributed by atoms with Crippen molar-refractivity contribution in [3.05, 3.63) is 0 Å². The van der Waals surface area contributed by atoms with E-state index in [4.69, 9.17) is 0 Å². The summed E-state index contributed by atoms with van der Waals surface area (Å²) in [6.07, 6.45) is 4.36. The Kier molecular flexibility index (Phi) is 1.54. The van der Waals surface area contributed by atoms with Gasteiger partial charge >= 0.3 is 0 Å². The average Bonchev–Trinajstić information content (AvgIpc) is 2.61. The van der Waals surface area contributed by atoms with Crippen LogP contribution in [0.4, 0.5) is 0 Å². The molecule has 0 bridgehead atoms. The van der Waals surface area contributed by atoms with E-state index in [1.165, 1.54) is 25.8 Å². The molecular formula is C10H19N. The van der Waals surface area contributed by atoms with Gasteiger partial charge in [0, 0.05) is 11.6 Å². The fourth-order valence-electron chi connectivity index (χ4n) is 2.79. The first-order chi connectivity index (χ1) is 5.17. The van der Waals surface area contributed by atoms with Crippen LogP contribution in [0.25, 0.3) is 0 Å². The van der Waals surface area contributed by atoms with E-state index in [0.717, 1.165) is 12.0 Å². The second kappa shape index (κ2) is 2.22. The zero-order valence-electron chi connectivity index (χ0n) is 7.93. The van der Waals surface area contributed by atoms with E-state index in [1.807, 2.05) is 0 Å². The Hall–Kier alpha value is -0.0400. The van der Waals surface area contributed by atoms with Crippen molar-refractivity contribution in [2.75, 3.05) is 6.54 Å². The number of nitrogens with zero attached hydrogens (tertiary/aromatic N) is 1. The lowest BCUT2D eigenvalue weighted by molar-refractivity contribution is 0.166. The van der Waals surface area contributed by atoms with Crippen LogP contribution in [0.5, 0.6) is 0 Å². The van der Waals surface area contributed by atoms with Gasteiger partial charge in [0.1, 0.15) is 0 Å². The van der Waals surface area contributed by atoms with Crippen molar-refractivity contribution in [2.24, 2.45) is 5.92 Å². The third-order valence-electron chi connectivity index (χ3n) is 3.68. The van der Waals surface area contributed by atoms with Crippen LogP contribution < -0.4 is 0 Å². The monoisotopic (exact) mass is 153 g/mol. The smallest absolute Gasteiger partial charge is 0.0239 e. The highest BCUT2D eigenvalue weighted by Gasteiger charge is 2.55. The number of likely N-dealkylation sites (tertiary alicyclic amines) is 1. The van der Waals surface area contributed by atoms with Crippen molar-refractivity contribution in [1.29, 1.82) is 0 Å². The Morgan fingerprint density at radius 3 is 2.36 bits per heavy atom. The fraction of sp³-hybridized carbons (Fsp3) is 1.00. The highest BCUT2D eigenvalue weighted by molar-refractivity contribution is 5.11. The molecule has 0 radical (unpaired) electrons. The van der Waals surface area contributed by atoms with Crippen LogP contribution in [-0.4, -0.2) is 23.0 Å². The third kappa shape index (κ3) is 0.936. The standard InChI is InChI=1S/C10H19N/c1-8(2)11-7-4-9(3)10(11)5-6-10/h8-9H,4-7H2,1-3H3. The van der Waals surface area contributed by atoms with E-state index in [-0.39, 0.29) is 0 Å². The first-order valence-electron chi connectivity index (χ1n) is 4.93. The third-order valence-corrected chi connectivity index (χ3v) is 3.68. The molecule has 1 heteroatoms. The van der Waals surface area contributed by atoms with Crippen molar-refractivity contribution in [3.63, 3.8) is 0 Å². The molecule has 1 saturated heterocycles. The molecule has 2 aliphatic rings. The molecule has 1 atom stereocenters. The van der Waals surface area contributed by atoms with E-state index in [9.17, 15) is 0 Å². The van der Waals surface area contributed by atoms with Crippen molar-refractivity contribution in [2.45, 2.75) is 51.6 Å². The molecule has 11 heavy (non-hydrogen) atoms. The van der Waals surface area contributed by atoms with Crippen LogP contribution in [0.1, 0.15) is 40.0 Å². The average molecular weight is 153 g/mol. The van der Waals surface area contributed by atoms with Gasteiger partial charge in [-0.3, -0.25) is 4.90 Å². The summed E-state index contributed by atoms with van der Waals surface area (Å²) >= 11 is 0. The number of hydrogen-bond acceptors (Lipinski definition) is 1. The summed E-state index contributed by atoms with van der Waals surface area (Å²) in [6.45, 7) is 8.43. The summed E-state index contributed by atoms with van der Waals surface area (Å²) in [5, 5.41) is 0. The lowest BCUT2D eigenvalue weighted by Gasteiger charge is -2.30. The Morgan fingerprint density at radius 2 is 2.00 bits per heavy atom. The van der Waals surface area contributed by atoms with E-state index < -0.39 is 0 Å². The Labute approximate surface area is 69.8 Å². The zero-order chi connectivity index (χ0) is 8.06. The number of rotatable bonds is 1. The SMILES string of the molecule is CC(C)N1CCC(C)C12CC2. The molecule has 0 N–H and O–H groups in total. The second-order valence-corrected chi connectivity index (χ2v) is 4.58. The zero-order valence-corrected chi connectivity index (χ0v) is 7.93. The first-order valence-corrected chi connectivity index (χ1v) is 4.93. The molecule has 64 valence electrons. The Bertz CT molecular complexity index is 158. The molecule has 1 saturated carbocycles. The maximum absolute atomic E-state index is 2.72. The summed E-state index contributed by atoms with van der Waals surface area (Å²) in [5.41, 5.74) is 0.675.